The van der Waals surface area contributed by atoms with Gasteiger partial charge in [0.2, 0.25) is 0 Å². The number of carbonyl (C=O) groups is 3. The van der Waals surface area contributed by atoms with Crippen LogP contribution in [-0.2, 0) is 19.4 Å². The third-order valence-corrected chi connectivity index (χ3v) is 6.12. The van der Waals surface area contributed by atoms with E-state index in [0.717, 1.165) is 0 Å². The molecule has 0 spiro atoms. The van der Waals surface area contributed by atoms with Crippen LogP contribution in [0.15, 0.2) is 22.8 Å². The molecule has 1 aromatic heterocycles. The van der Waals surface area contributed by atoms with E-state index in [-0.39, 0.29) is 36.3 Å². The molecule has 2 aliphatic heterocycles. The molecular formula is C15H19N3O6S. The van der Waals surface area contributed by atoms with Gasteiger partial charge >= 0.3 is 11.8 Å². The van der Waals surface area contributed by atoms with Crippen molar-refractivity contribution in [2.45, 2.75) is 12.5 Å². The molecule has 3 rings (SSSR count). The first-order valence-corrected chi connectivity index (χ1v) is 9.81. The number of hydrogen-bond acceptors (Lipinski definition) is 6. The van der Waals surface area contributed by atoms with E-state index in [4.69, 9.17) is 4.42 Å². The Hall–Kier alpha value is -2.36. The predicted octanol–water partition coefficient (Wildman–Crippen LogP) is -1.13. The highest BCUT2D eigenvalue weighted by atomic mass is 32.2. The molecule has 3 amide bonds. The molecule has 0 saturated carbocycles. The molecule has 1 N–H and O–H groups in total. The summed E-state index contributed by atoms with van der Waals surface area (Å²) in [4.78, 5) is 39.3. The third-order valence-electron chi connectivity index (χ3n) is 4.35. The zero-order chi connectivity index (χ0) is 18.0. The maximum atomic E-state index is 12.2. The molecule has 25 heavy (non-hydrogen) atoms. The van der Waals surface area contributed by atoms with Crippen molar-refractivity contribution in [1.82, 2.24) is 15.1 Å². The van der Waals surface area contributed by atoms with Crippen LogP contribution in [0.25, 0.3) is 0 Å². The highest BCUT2D eigenvalue weighted by molar-refractivity contribution is 7.91. The zero-order valence-electron chi connectivity index (χ0n) is 13.5. The van der Waals surface area contributed by atoms with Crippen molar-refractivity contribution in [2.24, 2.45) is 0 Å². The average molecular weight is 369 g/mol. The highest BCUT2D eigenvalue weighted by Gasteiger charge is 2.33. The summed E-state index contributed by atoms with van der Waals surface area (Å²) in [5.41, 5.74) is 0. The summed E-state index contributed by atoms with van der Waals surface area (Å²) in [6.45, 7) is 1.08. The van der Waals surface area contributed by atoms with Crippen LogP contribution in [0.1, 0.15) is 17.0 Å². The molecule has 2 fully saturated rings. The van der Waals surface area contributed by atoms with Gasteiger partial charge in [0, 0.05) is 32.2 Å². The van der Waals surface area contributed by atoms with Gasteiger partial charge in [-0.3, -0.25) is 14.4 Å². The van der Waals surface area contributed by atoms with E-state index >= 15 is 0 Å². The van der Waals surface area contributed by atoms with E-state index in [9.17, 15) is 22.8 Å². The summed E-state index contributed by atoms with van der Waals surface area (Å²) in [6, 6.07) is 2.69. The van der Waals surface area contributed by atoms with Crippen molar-refractivity contribution in [3.63, 3.8) is 0 Å². The molecule has 9 nitrogen and oxygen atoms in total. The number of nitrogens with zero attached hydrogens (tertiary/aromatic N) is 2. The summed E-state index contributed by atoms with van der Waals surface area (Å²) in [6.07, 6.45) is 1.74. The quantitative estimate of drug-likeness (QED) is 0.659. The van der Waals surface area contributed by atoms with Gasteiger partial charge in [0.05, 0.1) is 17.8 Å². The van der Waals surface area contributed by atoms with Crippen LogP contribution in [0.4, 0.5) is 0 Å². The van der Waals surface area contributed by atoms with Gasteiger partial charge in [-0.1, -0.05) is 0 Å². The van der Waals surface area contributed by atoms with Gasteiger partial charge in [-0.2, -0.15) is 0 Å². The Balaban J connectivity index is 1.49. The van der Waals surface area contributed by atoms with E-state index in [1.807, 2.05) is 0 Å². The maximum Gasteiger partial charge on any atom is 0.312 e. The first-order chi connectivity index (χ1) is 11.9. The second-order valence-electron chi connectivity index (χ2n) is 6.14. The van der Waals surface area contributed by atoms with Crippen LogP contribution < -0.4 is 5.32 Å². The molecular weight excluding hydrogens is 350 g/mol. The molecule has 10 heteroatoms. The normalized spacial score (nSPS) is 22.6. The highest BCUT2D eigenvalue weighted by Crippen LogP contribution is 2.12. The number of piperazine rings is 1. The van der Waals surface area contributed by atoms with Crippen molar-refractivity contribution in [3.8, 4) is 0 Å². The molecule has 2 aliphatic rings. The van der Waals surface area contributed by atoms with E-state index in [1.54, 1.807) is 17.0 Å². The fraction of sp³-hybridized carbons (Fsp3) is 0.533. The number of sulfone groups is 1. The first kappa shape index (κ1) is 17.5. The summed E-state index contributed by atoms with van der Waals surface area (Å²) in [5, 5.41) is 2.48. The molecule has 1 atom stereocenters. The molecule has 0 radical (unpaired) electrons. The Morgan fingerprint density at radius 3 is 2.36 bits per heavy atom. The molecule has 0 aliphatic carbocycles. The topological polar surface area (TPSA) is 117 Å². The van der Waals surface area contributed by atoms with E-state index in [0.29, 0.717) is 19.5 Å². The number of furan rings is 1. The van der Waals surface area contributed by atoms with Gasteiger partial charge < -0.3 is 19.5 Å². The number of hydrogen-bond donors (Lipinski definition) is 1. The SMILES string of the molecule is O=C(NC1CCS(=O)(=O)C1)C(=O)N1CCN(C(=O)c2ccco2)CC1. The van der Waals surface area contributed by atoms with Crippen LogP contribution in [0.2, 0.25) is 0 Å². The molecule has 3 heterocycles. The van der Waals surface area contributed by atoms with Crippen LogP contribution in [0, 0.1) is 0 Å². The molecule has 1 aromatic rings. The summed E-state index contributed by atoms with van der Waals surface area (Å²) < 4.78 is 27.9. The Kier molecular flexibility index (Phi) is 4.80. The molecule has 0 aromatic carbocycles. The van der Waals surface area contributed by atoms with Gasteiger partial charge in [-0.15, -0.1) is 0 Å². The summed E-state index contributed by atoms with van der Waals surface area (Å²) in [7, 11) is -3.12. The number of rotatable bonds is 2. The lowest BCUT2D eigenvalue weighted by atomic mass is 10.2. The second-order valence-corrected chi connectivity index (χ2v) is 8.36. The van der Waals surface area contributed by atoms with Crippen molar-refractivity contribution in [3.05, 3.63) is 24.2 Å². The van der Waals surface area contributed by atoms with Crippen LogP contribution >= 0.6 is 0 Å². The molecule has 0 bridgehead atoms. The monoisotopic (exact) mass is 369 g/mol. The van der Waals surface area contributed by atoms with E-state index in [2.05, 4.69) is 5.32 Å². The lowest BCUT2D eigenvalue weighted by Crippen LogP contribution is -2.54. The standard InChI is InChI=1S/C15H19N3O6S/c19-13(16-11-3-9-25(22,23)10-11)15(21)18-6-4-17(5-7-18)14(20)12-2-1-8-24-12/h1-2,8,11H,3-7,9-10H2,(H,16,19). The smallest absolute Gasteiger partial charge is 0.312 e. The molecule has 1 unspecified atom stereocenters. The van der Waals surface area contributed by atoms with Crippen molar-refractivity contribution >= 4 is 27.6 Å². The van der Waals surface area contributed by atoms with Crippen LogP contribution in [0.5, 0.6) is 0 Å². The summed E-state index contributed by atoms with van der Waals surface area (Å²) >= 11 is 0. The zero-order valence-corrected chi connectivity index (χ0v) is 14.3. The van der Waals surface area contributed by atoms with Crippen LogP contribution in [0.3, 0.4) is 0 Å². The second kappa shape index (κ2) is 6.87. The number of nitrogens with one attached hydrogen (secondary N) is 1. The Morgan fingerprint density at radius 2 is 1.80 bits per heavy atom. The average Bonchev–Trinajstić information content (AvgIpc) is 3.23. The maximum absolute atomic E-state index is 12.2. The van der Waals surface area contributed by atoms with Crippen LogP contribution in [-0.4, -0.2) is 79.7 Å². The number of amides is 3. The number of carbonyl (C=O) groups excluding carboxylic acids is 3. The third kappa shape index (κ3) is 4.01. The lowest BCUT2D eigenvalue weighted by molar-refractivity contribution is -0.147. The van der Waals surface area contributed by atoms with Gasteiger partial charge in [0.25, 0.3) is 5.91 Å². The minimum Gasteiger partial charge on any atom is -0.459 e. The van der Waals surface area contributed by atoms with Gasteiger partial charge in [0.15, 0.2) is 15.6 Å². The largest absolute Gasteiger partial charge is 0.459 e. The van der Waals surface area contributed by atoms with Gasteiger partial charge in [0.1, 0.15) is 0 Å². The fourth-order valence-electron chi connectivity index (χ4n) is 2.97. The van der Waals surface area contributed by atoms with E-state index < -0.39 is 27.7 Å². The Bertz CT molecular complexity index is 765. The Morgan fingerprint density at radius 1 is 1.12 bits per heavy atom. The van der Waals surface area contributed by atoms with Crippen molar-refractivity contribution in [2.75, 3.05) is 37.7 Å². The van der Waals surface area contributed by atoms with Gasteiger partial charge in [-0.25, -0.2) is 8.42 Å². The Labute approximate surface area is 144 Å². The van der Waals surface area contributed by atoms with Gasteiger partial charge in [-0.05, 0) is 18.6 Å². The van der Waals surface area contributed by atoms with E-state index in [1.165, 1.54) is 11.2 Å². The summed E-state index contributed by atoms with van der Waals surface area (Å²) in [5.74, 6) is -1.61. The fourth-order valence-corrected chi connectivity index (χ4v) is 4.64. The first-order valence-electron chi connectivity index (χ1n) is 7.99. The predicted molar refractivity (Wildman–Crippen MR) is 86.4 cm³/mol. The van der Waals surface area contributed by atoms with Crippen molar-refractivity contribution < 1.29 is 27.2 Å². The minimum absolute atomic E-state index is 0.0275. The lowest BCUT2D eigenvalue weighted by Gasteiger charge is -2.34. The minimum atomic E-state index is -3.12. The van der Waals surface area contributed by atoms with Crippen molar-refractivity contribution in [1.29, 1.82) is 0 Å². The molecule has 136 valence electrons. The molecule has 2 saturated heterocycles.